The van der Waals surface area contributed by atoms with Gasteiger partial charge in [0.05, 0.1) is 21.9 Å². The first-order valence-corrected chi connectivity index (χ1v) is 15.0. The van der Waals surface area contributed by atoms with Crippen LogP contribution in [0.3, 0.4) is 0 Å². The molecule has 0 aliphatic heterocycles. The molecule has 4 N–H and O–H groups in total. The van der Waals surface area contributed by atoms with Gasteiger partial charge >= 0.3 is 32.3 Å². The first kappa shape index (κ1) is 30.2. The van der Waals surface area contributed by atoms with E-state index in [0.29, 0.717) is 22.7 Å². The van der Waals surface area contributed by atoms with Gasteiger partial charge in [-0.25, -0.2) is 9.59 Å². The van der Waals surface area contributed by atoms with E-state index in [-0.39, 0.29) is 11.5 Å². The van der Waals surface area contributed by atoms with Crippen molar-refractivity contribution in [3.8, 4) is 11.5 Å². The molecule has 0 spiro atoms. The fourth-order valence-corrected chi connectivity index (χ4v) is 4.06. The highest BCUT2D eigenvalue weighted by molar-refractivity contribution is 7.87. The van der Waals surface area contributed by atoms with Crippen LogP contribution in [0.25, 0.3) is 0 Å². The number of anilines is 4. The van der Waals surface area contributed by atoms with Crippen LogP contribution in [0.1, 0.15) is 27.7 Å². The monoisotopic (exact) mass is 590 g/mol. The molecular weight excluding hydrogens is 560 g/mol. The number of amides is 4. The molecule has 0 bridgehead atoms. The number of hydrogen-bond donors (Lipinski definition) is 4. The van der Waals surface area contributed by atoms with Crippen molar-refractivity contribution in [3.63, 3.8) is 0 Å². The van der Waals surface area contributed by atoms with Gasteiger partial charge in [-0.3, -0.25) is 0 Å². The number of carbonyl (C=O) groups excluding carboxylic acids is 2. The van der Waals surface area contributed by atoms with Crippen molar-refractivity contribution >= 4 is 55.0 Å². The molecule has 0 atom stereocenters. The largest absolute Gasteiger partial charge is 0.382 e. The second kappa shape index (κ2) is 12.7. The van der Waals surface area contributed by atoms with E-state index in [1.807, 2.05) is 0 Å². The second-order valence-electron chi connectivity index (χ2n) is 9.00. The Morgan fingerprint density at radius 3 is 1.18 bits per heavy atom. The smallest absolute Gasteiger partial charge is 0.323 e. The second-order valence-corrected chi connectivity index (χ2v) is 13.2. The van der Waals surface area contributed by atoms with Crippen LogP contribution in [0.2, 0.25) is 0 Å². The predicted molar refractivity (Wildman–Crippen MR) is 154 cm³/mol. The molecular formula is C26H30N4O8S2. The Morgan fingerprint density at radius 1 is 0.550 bits per heavy atom. The van der Waals surface area contributed by atoms with Crippen LogP contribution in [0.15, 0.2) is 72.8 Å². The SMILES string of the molecule is CC(C)S(=O)(=O)Oc1ccc(NC(=O)Nc2ccccc2NC(=O)Nc2ccc(OS(=O)(=O)C(C)C)cc2)cc1. The van der Waals surface area contributed by atoms with Crippen LogP contribution < -0.4 is 29.6 Å². The van der Waals surface area contributed by atoms with Gasteiger partial charge in [0, 0.05) is 11.4 Å². The number of carbonyl (C=O) groups is 2. The quantitative estimate of drug-likeness (QED) is 0.233. The summed E-state index contributed by atoms with van der Waals surface area (Å²) in [7, 11) is -7.48. The highest BCUT2D eigenvalue weighted by atomic mass is 32.2. The first-order chi connectivity index (χ1) is 18.7. The molecule has 0 saturated heterocycles. The van der Waals surface area contributed by atoms with Gasteiger partial charge in [0.25, 0.3) is 0 Å². The Balaban J connectivity index is 1.58. The van der Waals surface area contributed by atoms with Gasteiger partial charge < -0.3 is 29.6 Å². The van der Waals surface area contributed by atoms with E-state index < -0.39 is 42.8 Å². The van der Waals surface area contributed by atoms with E-state index in [0.717, 1.165) is 0 Å². The summed E-state index contributed by atoms with van der Waals surface area (Å²) < 4.78 is 57.6. The molecule has 4 amide bonds. The van der Waals surface area contributed by atoms with Crippen LogP contribution in [0, 0.1) is 0 Å². The summed E-state index contributed by atoms with van der Waals surface area (Å²) in [6, 6.07) is 16.9. The van der Waals surface area contributed by atoms with Gasteiger partial charge in [0.2, 0.25) is 0 Å². The van der Waals surface area contributed by atoms with Gasteiger partial charge in [-0.1, -0.05) is 12.1 Å². The molecule has 0 radical (unpaired) electrons. The Bertz CT molecular complexity index is 1440. The third-order valence-corrected chi connectivity index (χ3v) is 8.39. The average Bonchev–Trinajstić information content (AvgIpc) is 2.87. The van der Waals surface area contributed by atoms with Crippen LogP contribution in [0.4, 0.5) is 32.3 Å². The Hall–Kier alpha value is -4.30. The molecule has 3 aromatic carbocycles. The normalized spacial score (nSPS) is 11.6. The number of nitrogens with one attached hydrogen (secondary N) is 4. The zero-order valence-corrected chi connectivity index (χ0v) is 23.8. The molecule has 0 aliphatic rings. The zero-order valence-electron chi connectivity index (χ0n) is 22.2. The minimum absolute atomic E-state index is 0.114. The Morgan fingerprint density at radius 2 is 0.875 bits per heavy atom. The Labute approximate surface area is 233 Å². The number of benzene rings is 3. The minimum atomic E-state index is -3.74. The van der Waals surface area contributed by atoms with Gasteiger partial charge in [-0.2, -0.15) is 16.8 Å². The number of urea groups is 2. The molecule has 12 nitrogen and oxygen atoms in total. The lowest BCUT2D eigenvalue weighted by Crippen LogP contribution is -2.23. The van der Waals surface area contributed by atoms with E-state index >= 15 is 0 Å². The molecule has 0 heterocycles. The van der Waals surface area contributed by atoms with Crippen molar-refractivity contribution in [2.24, 2.45) is 0 Å². The van der Waals surface area contributed by atoms with Gasteiger partial charge in [-0.05, 0) is 88.4 Å². The molecule has 3 rings (SSSR count). The fourth-order valence-electron chi connectivity index (χ4n) is 2.92. The summed E-state index contributed by atoms with van der Waals surface area (Å²) in [5.74, 6) is 0.228. The lowest BCUT2D eigenvalue weighted by atomic mass is 10.2. The van der Waals surface area contributed by atoms with Crippen LogP contribution in [0.5, 0.6) is 11.5 Å². The summed E-state index contributed by atoms with van der Waals surface area (Å²) in [6.45, 7) is 6.01. The summed E-state index contributed by atoms with van der Waals surface area (Å²) in [5, 5.41) is 9.10. The van der Waals surface area contributed by atoms with Crippen LogP contribution >= 0.6 is 0 Å². The highest BCUT2D eigenvalue weighted by Gasteiger charge is 2.19. The number of rotatable bonds is 10. The topological polar surface area (TPSA) is 169 Å². The van der Waals surface area contributed by atoms with E-state index in [1.165, 1.54) is 76.2 Å². The van der Waals surface area contributed by atoms with Crippen molar-refractivity contribution in [1.29, 1.82) is 0 Å². The zero-order chi connectivity index (χ0) is 29.5. The van der Waals surface area contributed by atoms with Crippen molar-refractivity contribution in [3.05, 3.63) is 72.8 Å². The third kappa shape index (κ3) is 8.61. The molecule has 0 saturated carbocycles. The highest BCUT2D eigenvalue weighted by Crippen LogP contribution is 2.24. The molecule has 0 aromatic heterocycles. The number of hydrogen-bond acceptors (Lipinski definition) is 8. The van der Waals surface area contributed by atoms with Crippen LogP contribution in [-0.2, 0) is 20.2 Å². The lowest BCUT2D eigenvalue weighted by molar-refractivity contribution is 0.261. The maximum absolute atomic E-state index is 12.6. The van der Waals surface area contributed by atoms with Gasteiger partial charge in [0.15, 0.2) is 0 Å². The molecule has 0 unspecified atom stereocenters. The maximum Gasteiger partial charge on any atom is 0.323 e. The van der Waals surface area contributed by atoms with E-state index in [1.54, 1.807) is 24.3 Å². The van der Waals surface area contributed by atoms with Crippen molar-refractivity contribution < 1.29 is 34.8 Å². The third-order valence-electron chi connectivity index (χ3n) is 5.23. The van der Waals surface area contributed by atoms with Gasteiger partial charge in [0.1, 0.15) is 11.5 Å². The average molecular weight is 591 g/mol. The van der Waals surface area contributed by atoms with Crippen molar-refractivity contribution in [2.75, 3.05) is 21.3 Å². The van der Waals surface area contributed by atoms with E-state index in [9.17, 15) is 26.4 Å². The van der Waals surface area contributed by atoms with Crippen LogP contribution in [-0.4, -0.2) is 39.4 Å². The van der Waals surface area contributed by atoms with E-state index in [2.05, 4.69) is 21.3 Å². The van der Waals surface area contributed by atoms with Crippen molar-refractivity contribution in [1.82, 2.24) is 0 Å². The summed E-state index contributed by atoms with van der Waals surface area (Å²) in [6.07, 6.45) is 0. The lowest BCUT2D eigenvalue weighted by Gasteiger charge is -2.14. The Kier molecular flexibility index (Phi) is 9.60. The summed E-state index contributed by atoms with van der Waals surface area (Å²) in [5.41, 5.74) is 1.37. The van der Waals surface area contributed by atoms with E-state index in [4.69, 9.17) is 8.37 Å². The molecule has 14 heteroatoms. The van der Waals surface area contributed by atoms with Crippen molar-refractivity contribution in [2.45, 2.75) is 38.2 Å². The molecule has 0 aliphatic carbocycles. The predicted octanol–water partition coefficient (Wildman–Crippen LogP) is 5.21. The fraction of sp³-hybridized carbons (Fsp3) is 0.231. The standard InChI is InChI=1S/C26H30N4O8S2/c1-17(2)39(33,34)37-21-13-9-19(10-14-21)27-25(31)29-23-7-5-6-8-24(23)30-26(32)28-20-11-15-22(16-12-20)38-40(35,36)18(3)4/h5-18H,1-4H3,(H2,27,29,31)(H2,28,30,32). The molecule has 214 valence electrons. The van der Waals surface area contributed by atoms with Gasteiger partial charge in [-0.15, -0.1) is 0 Å². The maximum atomic E-state index is 12.6. The summed E-state index contributed by atoms with van der Waals surface area (Å²) in [4.78, 5) is 25.1. The number of para-hydroxylation sites is 2. The summed E-state index contributed by atoms with van der Waals surface area (Å²) >= 11 is 0. The minimum Gasteiger partial charge on any atom is -0.382 e. The first-order valence-electron chi connectivity index (χ1n) is 12.1. The molecule has 0 fully saturated rings. The molecule has 3 aromatic rings. The molecule has 40 heavy (non-hydrogen) atoms.